The summed E-state index contributed by atoms with van der Waals surface area (Å²) in [6.07, 6.45) is 0. The van der Waals surface area contributed by atoms with E-state index in [9.17, 15) is 0 Å². The monoisotopic (exact) mass is 302 g/mol. The molecule has 0 amide bonds. The molecule has 0 aliphatic rings. The molecule has 2 unspecified atom stereocenters. The summed E-state index contributed by atoms with van der Waals surface area (Å²) < 4.78 is 0. The van der Waals surface area contributed by atoms with Crippen molar-refractivity contribution in [1.29, 1.82) is 0 Å². The zero-order valence-corrected chi connectivity index (χ0v) is 14.3. The Balaban J connectivity index is 0.000000336. The number of benzene rings is 1. The van der Waals surface area contributed by atoms with Crippen LogP contribution in [0, 0.1) is 0 Å². The zero-order valence-electron chi connectivity index (χ0n) is 10.2. The van der Waals surface area contributed by atoms with Crippen LogP contribution in [0.5, 0.6) is 0 Å². The molecule has 15 heavy (non-hydrogen) atoms. The molecule has 0 spiro atoms. The summed E-state index contributed by atoms with van der Waals surface area (Å²) in [6, 6.07) is 8.69. The average molecular weight is 301 g/mol. The van der Waals surface area contributed by atoms with Crippen molar-refractivity contribution < 1.29 is 0 Å². The van der Waals surface area contributed by atoms with Gasteiger partial charge in [0, 0.05) is 0 Å². The van der Waals surface area contributed by atoms with E-state index in [1.54, 1.807) is 0 Å². The average Bonchev–Trinajstić information content (AvgIpc) is 2.31. The molecule has 0 N–H and O–H groups in total. The van der Waals surface area contributed by atoms with E-state index in [-0.39, 0.29) is 0 Å². The van der Waals surface area contributed by atoms with Crippen LogP contribution in [0.2, 0.25) is 10.5 Å². The van der Waals surface area contributed by atoms with Crippen LogP contribution in [0.25, 0.3) is 0 Å². The predicted molar refractivity (Wildman–Crippen MR) is 80.9 cm³/mol. The van der Waals surface area contributed by atoms with Crippen LogP contribution in [-0.4, -0.2) is 28.8 Å². The molecule has 1 rings (SSSR count). The molecule has 0 aromatic heterocycles. The first-order valence-corrected chi connectivity index (χ1v) is 11.4. The molecule has 0 nitrogen and oxygen atoms in total. The van der Waals surface area contributed by atoms with E-state index in [2.05, 4.69) is 51.4 Å². The van der Waals surface area contributed by atoms with E-state index in [0.717, 1.165) is 17.2 Å². The first-order chi connectivity index (χ1) is 7.29. The molecule has 0 saturated heterocycles. The Hall–Kier alpha value is 0.623. The number of rotatable bonds is 4. The van der Waals surface area contributed by atoms with Gasteiger partial charge >= 0.3 is 39.8 Å². The standard InChI is InChI=1S/C8H12P2.C4H10Ge/c1-9-7-5-3-4-6-8(7)10-2;1-3-5-4-2/h3-6,9-10H,1-2H3;3-4H2,1-2H3. The first-order valence-electron chi connectivity index (χ1n) is 5.45. The molecule has 0 saturated carbocycles. The van der Waals surface area contributed by atoms with Gasteiger partial charge in [0.15, 0.2) is 0 Å². The summed E-state index contributed by atoms with van der Waals surface area (Å²) in [5.41, 5.74) is 0. The van der Waals surface area contributed by atoms with Gasteiger partial charge in [-0.25, -0.2) is 0 Å². The fraction of sp³-hybridized carbons (Fsp3) is 0.500. The summed E-state index contributed by atoms with van der Waals surface area (Å²) in [7, 11) is 1.89. The maximum atomic E-state index is 2.27. The van der Waals surface area contributed by atoms with Crippen molar-refractivity contribution in [3.8, 4) is 0 Å². The second-order valence-electron chi connectivity index (χ2n) is 3.00. The van der Waals surface area contributed by atoms with Gasteiger partial charge in [0.05, 0.1) is 0 Å². The van der Waals surface area contributed by atoms with Crippen LogP contribution in [-0.2, 0) is 0 Å². The third kappa shape index (κ3) is 7.50. The summed E-state index contributed by atoms with van der Waals surface area (Å²) in [5.74, 6) is 0. The minimum absolute atomic E-state index is 0.528. The zero-order chi connectivity index (χ0) is 11.5. The van der Waals surface area contributed by atoms with Gasteiger partial charge in [-0.05, 0) is 23.9 Å². The molecular formula is C12H22GeP2. The Morgan fingerprint density at radius 2 is 1.33 bits per heavy atom. The van der Waals surface area contributed by atoms with Crippen LogP contribution >= 0.6 is 17.2 Å². The van der Waals surface area contributed by atoms with Gasteiger partial charge in [-0.2, -0.15) is 0 Å². The van der Waals surface area contributed by atoms with Crippen molar-refractivity contribution in [2.75, 3.05) is 13.3 Å². The Morgan fingerprint density at radius 1 is 0.933 bits per heavy atom. The molecule has 0 bridgehead atoms. The van der Waals surface area contributed by atoms with Crippen molar-refractivity contribution >= 4 is 43.2 Å². The topological polar surface area (TPSA) is 0 Å². The van der Waals surface area contributed by atoms with Gasteiger partial charge in [0.25, 0.3) is 0 Å². The molecule has 1 aromatic carbocycles. The van der Waals surface area contributed by atoms with E-state index in [1.165, 1.54) is 21.1 Å². The van der Waals surface area contributed by atoms with Crippen LogP contribution in [0.15, 0.2) is 24.3 Å². The SMILES string of the molecule is CPc1ccccc1PC.C[CH2][Ge][CH2]C. The molecule has 0 aliphatic heterocycles. The van der Waals surface area contributed by atoms with E-state index < -0.39 is 0 Å². The molecule has 0 fully saturated rings. The van der Waals surface area contributed by atoms with Gasteiger partial charge in [-0.1, -0.05) is 41.4 Å². The Kier molecular flexibility index (Phi) is 11.6. The van der Waals surface area contributed by atoms with Crippen molar-refractivity contribution in [2.24, 2.45) is 0 Å². The van der Waals surface area contributed by atoms with Crippen molar-refractivity contribution in [1.82, 2.24) is 0 Å². The Morgan fingerprint density at radius 3 is 1.53 bits per heavy atom. The van der Waals surface area contributed by atoms with E-state index in [0.29, 0.717) is 15.4 Å². The van der Waals surface area contributed by atoms with Crippen molar-refractivity contribution in [3.63, 3.8) is 0 Å². The second kappa shape index (κ2) is 11.1. The first kappa shape index (κ1) is 15.6. The van der Waals surface area contributed by atoms with Crippen LogP contribution in [0.4, 0.5) is 0 Å². The van der Waals surface area contributed by atoms with Gasteiger partial charge < -0.3 is 0 Å². The summed E-state index contributed by atoms with van der Waals surface area (Å²) >= 11 is 0.528. The van der Waals surface area contributed by atoms with Gasteiger partial charge in [0.1, 0.15) is 0 Å². The number of hydrogen-bond donors (Lipinski definition) is 0. The normalized spacial score (nSPS) is 10.9. The van der Waals surface area contributed by atoms with Crippen molar-refractivity contribution in [2.45, 2.75) is 24.4 Å². The second-order valence-corrected chi connectivity index (χ2v) is 9.10. The van der Waals surface area contributed by atoms with Crippen LogP contribution < -0.4 is 10.6 Å². The summed E-state index contributed by atoms with van der Waals surface area (Å²) in [4.78, 5) is 0. The predicted octanol–water partition coefficient (Wildman–Crippen LogP) is 3.12. The molecule has 3 heteroatoms. The minimum atomic E-state index is 0.528. The molecule has 0 aliphatic carbocycles. The number of hydrogen-bond acceptors (Lipinski definition) is 0. The van der Waals surface area contributed by atoms with E-state index >= 15 is 0 Å². The van der Waals surface area contributed by atoms with Crippen LogP contribution in [0.1, 0.15) is 13.8 Å². The molecule has 2 atom stereocenters. The summed E-state index contributed by atoms with van der Waals surface area (Å²) in [6.45, 7) is 9.00. The summed E-state index contributed by atoms with van der Waals surface area (Å²) in [5, 5.41) is 6.00. The third-order valence-electron chi connectivity index (χ3n) is 1.97. The van der Waals surface area contributed by atoms with Gasteiger partial charge in [0.2, 0.25) is 0 Å². The quantitative estimate of drug-likeness (QED) is 0.592. The maximum absolute atomic E-state index is 2.27. The van der Waals surface area contributed by atoms with Gasteiger partial charge in [-0.3, -0.25) is 0 Å². The molecule has 2 radical (unpaired) electrons. The molecule has 84 valence electrons. The van der Waals surface area contributed by atoms with E-state index in [4.69, 9.17) is 0 Å². The van der Waals surface area contributed by atoms with Crippen molar-refractivity contribution in [3.05, 3.63) is 24.3 Å². The third-order valence-corrected chi connectivity index (χ3v) is 6.26. The molecule has 0 heterocycles. The van der Waals surface area contributed by atoms with Gasteiger partial charge in [-0.15, -0.1) is 0 Å². The van der Waals surface area contributed by atoms with E-state index in [1.807, 2.05) is 0 Å². The molecule has 1 aromatic rings. The fourth-order valence-electron chi connectivity index (χ4n) is 1.17. The fourth-order valence-corrected chi connectivity index (χ4v) is 4.20. The Labute approximate surface area is 105 Å². The van der Waals surface area contributed by atoms with Crippen LogP contribution in [0.3, 0.4) is 0 Å². The Bertz CT molecular complexity index is 226. The molecular weight excluding hydrogens is 279 g/mol.